The Kier molecular flexibility index (Phi) is 4.69. The molecule has 0 aliphatic rings. The second kappa shape index (κ2) is 6.16. The van der Waals surface area contributed by atoms with Gasteiger partial charge in [0.2, 0.25) is 0 Å². The number of nitrogens with one attached hydrogen (secondary N) is 2. The Morgan fingerprint density at radius 3 is 2.62 bits per heavy atom. The smallest absolute Gasteiger partial charge is 0.121 e. The Labute approximate surface area is 127 Å². The highest BCUT2D eigenvalue weighted by atomic mass is 16.5. The van der Waals surface area contributed by atoms with Crippen LogP contribution in [0.25, 0.3) is 11.0 Å². The average Bonchev–Trinajstić information content (AvgIpc) is 2.78. The van der Waals surface area contributed by atoms with Gasteiger partial charge in [-0.1, -0.05) is 0 Å². The molecule has 0 fully saturated rings. The standard InChI is InChI=1S/C17H27N3O/c1-11-7-14-15(8-12(11)2)20-16(19-14)10-18-13(3)9-17(4,5)21-6/h7-8,13,18H,9-10H2,1-6H3,(H,19,20)/t13-/m0/s1. The molecule has 1 aromatic heterocycles. The minimum Gasteiger partial charge on any atom is -0.379 e. The number of H-pyrrole nitrogens is 1. The van der Waals surface area contributed by atoms with Crippen molar-refractivity contribution >= 4 is 11.0 Å². The van der Waals surface area contributed by atoms with Crippen molar-refractivity contribution in [2.75, 3.05) is 7.11 Å². The van der Waals surface area contributed by atoms with E-state index in [1.807, 2.05) is 0 Å². The van der Waals surface area contributed by atoms with Gasteiger partial charge in [-0.2, -0.15) is 0 Å². The van der Waals surface area contributed by atoms with Crippen LogP contribution in [0.5, 0.6) is 0 Å². The van der Waals surface area contributed by atoms with Crippen LogP contribution in [0.15, 0.2) is 12.1 Å². The van der Waals surface area contributed by atoms with E-state index in [-0.39, 0.29) is 5.60 Å². The Morgan fingerprint density at radius 2 is 1.95 bits per heavy atom. The fourth-order valence-electron chi connectivity index (χ4n) is 2.57. The van der Waals surface area contributed by atoms with Crippen molar-refractivity contribution in [3.05, 3.63) is 29.1 Å². The molecule has 2 aromatic rings. The van der Waals surface area contributed by atoms with Crippen molar-refractivity contribution in [1.82, 2.24) is 15.3 Å². The van der Waals surface area contributed by atoms with E-state index in [9.17, 15) is 0 Å². The predicted molar refractivity (Wildman–Crippen MR) is 87.6 cm³/mol. The van der Waals surface area contributed by atoms with E-state index in [1.54, 1.807) is 7.11 Å². The zero-order chi connectivity index (χ0) is 15.6. The molecule has 1 aromatic carbocycles. The summed E-state index contributed by atoms with van der Waals surface area (Å²) in [6, 6.07) is 4.68. The van der Waals surface area contributed by atoms with E-state index in [0.29, 0.717) is 6.04 Å². The summed E-state index contributed by atoms with van der Waals surface area (Å²) in [6.07, 6.45) is 0.960. The van der Waals surface area contributed by atoms with Crippen molar-refractivity contribution in [3.8, 4) is 0 Å². The van der Waals surface area contributed by atoms with Gasteiger partial charge in [0.05, 0.1) is 23.2 Å². The summed E-state index contributed by atoms with van der Waals surface area (Å²) in [5.74, 6) is 0.983. The number of methoxy groups -OCH3 is 1. The Bertz CT molecular complexity index is 577. The molecule has 0 saturated heterocycles. The van der Waals surface area contributed by atoms with Gasteiger partial charge >= 0.3 is 0 Å². The van der Waals surface area contributed by atoms with Gasteiger partial charge in [0.25, 0.3) is 0 Å². The zero-order valence-electron chi connectivity index (χ0n) is 14.0. The molecule has 2 rings (SSSR count). The molecular weight excluding hydrogens is 262 g/mol. The summed E-state index contributed by atoms with van der Waals surface area (Å²) in [5, 5.41) is 3.51. The Morgan fingerprint density at radius 1 is 1.29 bits per heavy atom. The van der Waals surface area contributed by atoms with E-state index >= 15 is 0 Å². The fraction of sp³-hybridized carbons (Fsp3) is 0.588. The monoisotopic (exact) mass is 289 g/mol. The fourth-order valence-corrected chi connectivity index (χ4v) is 2.57. The largest absolute Gasteiger partial charge is 0.379 e. The van der Waals surface area contributed by atoms with Gasteiger partial charge < -0.3 is 15.0 Å². The number of hydrogen-bond acceptors (Lipinski definition) is 3. The lowest BCUT2D eigenvalue weighted by atomic mass is 10.00. The predicted octanol–water partition coefficient (Wildman–Crippen LogP) is 3.47. The molecule has 2 N–H and O–H groups in total. The van der Waals surface area contributed by atoms with Crippen LogP contribution in [0.3, 0.4) is 0 Å². The first kappa shape index (κ1) is 16.0. The molecular formula is C17H27N3O. The first-order valence-corrected chi connectivity index (χ1v) is 7.55. The first-order chi connectivity index (χ1) is 9.80. The summed E-state index contributed by atoms with van der Waals surface area (Å²) in [7, 11) is 1.76. The molecule has 0 bridgehead atoms. The number of hydrogen-bond donors (Lipinski definition) is 2. The first-order valence-electron chi connectivity index (χ1n) is 7.55. The third kappa shape index (κ3) is 4.05. The Balaban J connectivity index is 2.00. The highest BCUT2D eigenvalue weighted by molar-refractivity contribution is 5.77. The van der Waals surface area contributed by atoms with Crippen molar-refractivity contribution in [2.24, 2.45) is 0 Å². The summed E-state index contributed by atoms with van der Waals surface area (Å²) in [6.45, 7) is 11.4. The van der Waals surface area contributed by atoms with Crippen LogP contribution in [0.1, 0.15) is 44.1 Å². The lowest BCUT2D eigenvalue weighted by molar-refractivity contribution is 0.00840. The Hall–Kier alpha value is -1.39. The second-order valence-corrected chi connectivity index (χ2v) is 6.59. The van der Waals surface area contributed by atoms with Crippen LogP contribution < -0.4 is 5.32 Å². The lowest BCUT2D eigenvalue weighted by Gasteiger charge is -2.26. The average molecular weight is 289 g/mol. The number of aryl methyl sites for hydroxylation is 2. The number of benzene rings is 1. The SMILES string of the molecule is COC(C)(C)C[C@H](C)NCc1nc2cc(C)c(C)cc2[nH]1. The van der Waals surface area contributed by atoms with Crippen LogP contribution in [0.2, 0.25) is 0 Å². The molecule has 0 saturated carbocycles. The number of rotatable bonds is 6. The molecule has 21 heavy (non-hydrogen) atoms. The van der Waals surface area contributed by atoms with Crippen LogP contribution in [0, 0.1) is 13.8 Å². The van der Waals surface area contributed by atoms with E-state index in [1.165, 1.54) is 11.1 Å². The van der Waals surface area contributed by atoms with Crippen molar-refractivity contribution < 1.29 is 4.74 Å². The number of fused-ring (bicyclic) bond motifs is 1. The number of ether oxygens (including phenoxy) is 1. The third-order valence-corrected chi connectivity index (χ3v) is 4.11. The maximum absolute atomic E-state index is 5.47. The number of imidazole rings is 1. The van der Waals surface area contributed by atoms with Crippen LogP contribution in [0.4, 0.5) is 0 Å². The van der Waals surface area contributed by atoms with Gasteiger partial charge in [0.15, 0.2) is 0 Å². The summed E-state index contributed by atoms with van der Waals surface area (Å²) < 4.78 is 5.47. The molecule has 0 aliphatic heterocycles. The van der Waals surface area contributed by atoms with Gasteiger partial charge in [-0.05, 0) is 64.3 Å². The number of aromatic nitrogens is 2. The second-order valence-electron chi connectivity index (χ2n) is 6.59. The molecule has 0 amide bonds. The normalized spacial score (nSPS) is 13.8. The minimum atomic E-state index is -0.103. The minimum absolute atomic E-state index is 0.103. The molecule has 4 heteroatoms. The van der Waals surface area contributed by atoms with Gasteiger partial charge in [0.1, 0.15) is 5.82 Å². The lowest BCUT2D eigenvalue weighted by Crippen LogP contribution is -2.35. The van der Waals surface area contributed by atoms with Gasteiger partial charge in [-0.25, -0.2) is 4.98 Å². The summed E-state index contributed by atoms with van der Waals surface area (Å²) in [4.78, 5) is 8.04. The van der Waals surface area contributed by atoms with Gasteiger partial charge in [-0.15, -0.1) is 0 Å². The quantitative estimate of drug-likeness (QED) is 0.856. The molecule has 0 unspecified atom stereocenters. The molecule has 116 valence electrons. The molecule has 0 radical (unpaired) electrons. The zero-order valence-corrected chi connectivity index (χ0v) is 14.0. The maximum Gasteiger partial charge on any atom is 0.121 e. The molecule has 4 nitrogen and oxygen atoms in total. The van der Waals surface area contributed by atoms with E-state index in [0.717, 1.165) is 29.8 Å². The van der Waals surface area contributed by atoms with E-state index in [4.69, 9.17) is 4.74 Å². The number of nitrogens with zero attached hydrogens (tertiary/aromatic N) is 1. The maximum atomic E-state index is 5.47. The van der Waals surface area contributed by atoms with Crippen molar-refractivity contribution in [3.63, 3.8) is 0 Å². The van der Waals surface area contributed by atoms with Crippen molar-refractivity contribution in [1.29, 1.82) is 0 Å². The summed E-state index contributed by atoms with van der Waals surface area (Å²) in [5.41, 5.74) is 4.62. The van der Waals surface area contributed by atoms with Crippen molar-refractivity contribution in [2.45, 2.75) is 59.2 Å². The third-order valence-electron chi connectivity index (χ3n) is 4.11. The van der Waals surface area contributed by atoms with Gasteiger partial charge in [0, 0.05) is 13.2 Å². The van der Waals surface area contributed by atoms with E-state index < -0.39 is 0 Å². The molecule has 1 atom stereocenters. The molecule has 0 aliphatic carbocycles. The molecule has 1 heterocycles. The highest BCUT2D eigenvalue weighted by Crippen LogP contribution is 2.18. The van der Waals surface area contributed by atoms with Crippen LogP contribution >= 0.6 is 0 Å². The summed E-state index contributed by atoms with van der Waals surface area (Å²) >= 11 is 0. The van der Waals surface area contributed by atoms with Gasteiger partial charge in [-0.3, -0.25) is 0 Å². The topological polar surface area (TPSA) is 49.9 Å². The highest BCUT2D eigenvalue weighted by Gasteiger charge is 2.20. The number of aromatic amines is 1. The van der Waals surface area contributed by atoms with Crippen LogP contribution in [-0.2, 0) is 11.3 Å². The van der Waals surface area contributed by atoms with E-state index in [2.05, 4.69) is 62.0 Å². The van der Waals surface area contributed by atoms with Crippen LogP contribution in [-0.4, -0.2) is 28.7 Å². The molecule has 0 spiro atoms.